The Labute approximate surface area is 124 Å². The molecule has 2 saturated carbocycles. The van der Waals surface area contributed by atoms with E-state index in [0.29, 0.717) is 24.6 Å². The molecular weight excluding hydrogens is 248 g/mol. The van der Waals surface area contributed by atoms with Gasteiger partial charge in [-0.1, -0.05) is 12.8 Å². The second kappa shape index (κ2) is 6.33. The van der Waals surface area contributed by atoms with Crippen LogP contribution in [0.15, 0.2) is 0 Å². The summed E-state index contributed by atoms with van der Waals surface area (Å²) in [5.74, 6) is 2.19. The molecule has 0 aromatic rings. The first kappa shape index (κ1) is 14.8. The molecule has 2 aliphatic carbocycles. The van der Waals surface area contributed by atoms with E-state index in [4.69, 9.17) is 0 Å². The molecule has 0 aromatic heterocycles. The predicted molar refractivity (Wildman–Crippen MR) is 82.7 cm³/mol. The number of fused-ring (bicyclic) bond motifs is 2. The molecule has 2 N–H and O–H groups in total. The SMILES string of the molecule is CC(C)N1CC2CCCC(C1)C2NC1CCCC1CO. The summed E-state index contributed by atoms with van der Waals surface area (Å²) in [7, 11) is 0. The van der Waals surface area contributed by atoms with Crippen LogP contribution in [0.4, 0.5) is 0 Å². The highest BCUT2D eigenvalue weighted by atomic mass is 16.3. The normalized spacial score (nSPS) is 42.3. The number of likely N-dealkylation sites (tertiary alicyclic amines) is 1. The molecule has 0 aromatic carbocycles. The van der Waals surface area contributed by atoms with Crippen molar-refractivity contribution in [3.63, 3.8) is 0 Å². The number of nitrogens with one attached hydrogen (secondary N) is 1. The first-order chi connectivity index (χ1) is 9.69. The third-order valence-corrected chi connectivity index (χ3v) is 6.13. The van der Waals surface area contributed by atoms with Crippen molar-refractivity contribution in [1.29, 1.82) is 0 Å². The Kier molecular flexibility index (Phi) is 4.68. The summed E-state index contributed by atoms with van der Waals surface area (Å²) >= 11 is 0. The molecule has 0 amide bonds. The minimum atomic E-state index is 0.373. The van der Waals surface area contributed by atoms with Crippen molar-refractivity contribution in [2.24, 2.45) is 17.8 Å². The minimum absolute atomic E-state index is 0.373. The van der Waals surface area contributed by atoms with Crippen LogP contribution in [0.25, 0.3) is 0 Å². The van der Waals surface area contributed by atoms with Crippen LogP contribution in [0.2, 0.25) is 0 Å². The monoisotopic (exact) mass is 280 g/mol. The van der Waals surface area contributed by atoms with Gasteiger partial charge >= 0.3 is 0 Å². The van der Waals surface area contributed by atoms with Crippen molar-refractivity contribution in [2.75, 3.05) is 19.7 Å². The number of hydrogen-bond acceptors (Lipinski definition) is 3. The molecule has 1 heterocycles. The van der Waals surface area contributed by atoms with Crippen molar-refractivity contribution >= 4 is 0 Å². The molecule has 1 aliphatic heterocycles. The molecule has 2 bridgehead atoms. The number of rotatable bonds is 4. The Morgan fingerprint density at radius 1 is 1.05 bits per heavy atom. The molecule has 3 heteroatoms. The van der Waals surface area contributed by atoms with Crippen LogP contribution in [0.1, 0.15) is 52.4 Å². The lowest BCUT2D eigenvalue weighted by molar-refractivity contribution is 0.0211. The van der Waals surface area contributed by atoms with Crippen LogP contribution in [-0.4, -0.2) is 47.8 Å². The zero-order chi connectivity index (χ0) is 14.1. The summed E-state index contributed by atoms with van der Waals surface area (Å²) in [6.45, 7) is 7.60. The molecule has 0 radical (unpaired) electrons. The van der Waals surface area contributed by atoms with E-state index in [1.807, 2.05) is 0 Å². The Morgan fingerprint density at radius 2 is 1.70 bits per heavy atom. The molecule has 0 spiro atoms. The first-order valence-electron chi connectivity index (χ1n) is 8.80. The second-order valence-electron chi connectivity index (χ2n) is 7.67. The van der Waals surface area contributed by atoms with E-state index in [0.717, 1.165) is 17.9 Å². The van der Waals surface area contributed by atoms with Crippen LogP contribution in [0.3, 0.4) is 0 Å². The summed E-state index contributed by atoms with van der Waals surface area (Å²) in [5, 5.41) is 13.5. The quantitative estimate of drug-likeness (QED) is 0.829. The average molecular weight is 280 g/mol. The summed E-state index contributed by atoms with van der Waals surface area (Å²) < 4.78 is 0. The van der Waals surface area contributed by atoms with E-state index < -0.39 is 0 Å². The number of aliphatic hydroxyl groups excluding tert-OH is 1. The Hall–Kier alpha value is -0.120. The smallest absolute Gasteiger partial charge is 0.0474 e. The van der Waals surface area contributed by atoms with Crippen LogP contribution in [0.5, 0.6) is 0 Å². The maximum atomic E-state index is 9.54. The van der Waals surface area contributed by atoms with Gasteiger partial charge in [0, 0.05) is 37.8 Å². The van der Waals surface area contributed by atoms with Gasteiger partial charge in [0.1, 0.15) is 0 Å². The highest BCUT2D eigenvalue weighted by Crippen LogP contribution is 2.37. The number of aliphatic hydroxyl groups is 1. The van der Waals surface area contributed by atoms with Crippen LogP contribution in [-0.2, 0) is 0 Å². The first-order valence-corrected chi connectivity index (χ1v) is 8.80. The van der Waals surface area contributed by atoms with Gasteiger partial charge in [-0.25, -0.2) is 0 Å². The van der Waals surface area contributed by atoms with E-state index in [1.54, 1.807) is 0 Å². The van der Waals surface area contributed by atoms with Gasteiger partial charge in [0.25, 0.3) is 0 Å². The van der Waals surface area contributed by atoms with Crippen LogP contribution >= 0.6 is 0 Å². The lowest BCUT2D eigenvalue weighted by atomic mass is 9.72. The Balaban J connectivity index is 1.64. The molecule has 3 nitrogen and oxygen atoms in total. The van der Waals surface area contributed by atoms with Gasteiger partial charge in [0.15, 0.2) is 0 Å². The fraction of sp³-hybridized carbons (Fsp3) is 1.00. The van der Waals surface area contributed by atoms with E-state index in [1.165, 1.54) is 51.6 Å². The minimum Gasteiger partial charge on any atom is -0.396 e. The second-order valence-corrected chi connectivity index (χ2v) is 7.67. The lowest BCUT2D eigenvalue weighted by Crippen LogP contribution is -2.60. The van der Waals surface area contributed by atoms with Crippen molar-refractivity contribution in [3.8, 4) is 0 Å². The lowest BCUT2D eigenvalue weighted by Gasteiger charge is -2.50. The van der Waals surface area contributed by atoms with Crippen molar-refractivity contribution in [1.82, 2.24) is 10.2 Å². The predicted octanol–water partition coefficient (Wildman–Crippen LogP) is 2.25. The van der Waals surface area contributed by atoms with Gasteiger partial charge in [-0.2, -0.15) is 0 Å². The maximum absolute atomic E-state index is 9.54. The summed E-state index contributed by atoms with van der Waals surface area (Å²) in [6, 6.07) is 1.99. The summed E-state index contributed by atoms with van der Waals surface area (Å²) in [6.07, 6.45) is 8.00. The topological polar surface area (TPSA) is 35.5 Å². The van der Waals surface area contributed by atoms with Crippen molar-refractivity contribution < 1.29 is 5.11 Å². The third-order valence-electron chi connectivity index (χ3n) is 6.13. The third kappa shape index (κ3) is 2.90. The molecule has 4 unspecified atom stereocenters. The molecular formula is C17H32N2O. The molecule has 3 aliphatic rings. The number of piperidine rings is 1. The van der Waals surface area contributed by atoms with Gasteiger partial charge in [0.2, 0.25) is 0 Å². The fourth-order valence-corrected chi connectivity index (χ4v) is 4.89. The Morgan fingerprint density at radius 3 is 2.30 bits per heavy atom. The maximum Gasteiger partial charge on any atom is 0.0474 e. The van der Waals surface area contributed by atoms with Gasteiger partial charge in [-0.05, 0) is 57.3 Å². The Bertz CT molecular complexity index is 306. The summed E-state index contributed by atoms with van der Waals surface area (Å²) in [5.41, 5.74) is 0. The largest absolute Gasteiger partial charge is 0.396 e. The molecule has 20 heavy (non-hydrogen) atoms. The highest BCUT2D eigenvalue weighted by molar-refractivity contribution is 4.98. The van der Waals surface area contributed by atoms with E-state index in [-0.39, 0.29) is 0 Å². The molecule has 1 saturated heterocycles. The van der Waals surface area contributed by atoms with Crippen LogP contribution in [0, 0.1) is 17.8 Å². The van der Waals surface area contributed by atoms with Gasteiger partial charge < -0.3 is 15.3 Å². The number of nitrogens with zero attached hydrogens (tertiary/aromatic N) is 1. The van der Waals surface area contributed by atoms with E-state index in [2.05, 4.69) is 24.1 Å². The van der Waals surface area contributed by atoms with Crippen molar-refractivity contribution in [2.45, 2.75) is 70.5 Å². The summed E-state index contributed by atoms with van der Waals surface area (Å²) in [4.78, 5) is 2.69. The highest BCUT2D eigenvalue weighted by Gasteiger charge is 2.42. The molecule has 3 rings (SSSR count). The van der Waals surface area contributed by atoms with E-state index in [9.17, 15) is 5.11 Å². The van der Waals surface area contributed by atoms with Gasteiger partial charge in [0.05, 0.1) is 0 Å². The zero-order valence-electron chi connectivity index (χ0n) is 13.2. The number of hydrogen-bond donors (Lipinski definition) is 2. The molecule has 4 atom stereocenters. The average Bonchev–Trinajstić information content (AvgIpc) is 2.85. The van der Waals surface area contributed by atoms with Crippen LogP contribution < -0.4 is 5.32 Å². The zero-order valence-corrected chi connectivity index (χ0v) is 13.2. The molecule has 116 valence electrons. The fourth-order valence-electron chi connectivity index (χ4n) is 4.89. The van der Waals surface area contributed by atoms with Gasteiger partial charge in [-0.3, -0.25) is 0 Å². The standard InChI is InChI=1S/C17H32N2O/c1-12(2)19-9-13-5-3-6-14(10-19)17(13)18-16-8-4-7-15(16)11-20/h12-18,20H,3-11H2,1-2H3. The van der Waals surface area contributed by atoms with Gasteiger partial charge in [-0.15, -0.1) is 0 Å². The van der Waals surface area contributed by atoms with E-state index >= 15 is 0 Å². The molecule has 3 fully saturated rings. The van der Waals surface area contributed by atoms with Crippen molar-refractivity contribution in [3.05, 3.63) is 0 Å².